The number of pyridine rings is 2. The van der Waals surface area contributed by atoms with Crippen LogP contribution in [0.1, 0.15) is 5.69 Å². The summed E-state index contributed by atoms with van der Waals surface area (Å²) in [6.07, 6.45) is 3.68. The minimum atomic E-state index is 0.961. The zero-order chi connectivity index (χ0) is 11.8. The first-order chi connectivity index (χ1) is 8.25. The van der Waals surface area contributed by atoms with Crippen molar-refractivity contribution in [2.45, 2.75) is 6.92 Å². The highest BCUT2D eigenvalue weighted by Crippen LogP contribution is 2.22. The van der Waals surface area contributed by atoms with Crippen LogP contribution in [0.2, 0.25) is 0 Å². The number of aryl methyl sites for hydroxylation is 2. The average Bonchev–Trinajstić information content (AvgIpc) is 2.66. The number of hydrogen-bond acceptors (Lipinski definition) is 2. The van der Waals surface area contributed by atoms with Gasteiger partial charge in [0.15, 0.2) is 0 Å². The van der Waals surface area contributed by atoms with E-state index in [0.717, 1.165) is 22.3 Å². The molecule has 0 aromatic carbocycles. The first kappa shape index (κ1) is 10.0. The number of rotatable bonds is 1. The van der Waals surface area contributed by atoms with Crippen molar-refractivity contribution in [2.24, 2.45) is 7.05 Å². The molecule has 0 bridgehead atoms. The Hall–Kier alpha value is -2.16. The minimum absolute atomic E-state index is 0.961. The van der Waals surface area contributed by atoms with E-state index in [2.05, 4.69) is 33.6 Å². The van der Waals surface area contributed by atoms with Crippen LogP contribution in [0, 0.1) is 6.92 Å². The van der Waals surface area contributed by atoms with Gasteiger partial charge in [0.25, 0.3) is 0 Å². The third kappa shape index (κ3) is 1.60. The van der Waals surface area contributed by atoms with Gasteiger partial charge in [-0.2, -0.15) is 0 Å². The second kappa shape index (κ2) is 3.70. The van der Waals surface area contributed by atoms with Crippen LogP contribution in [-0.4, -0.2) is 14.5 Å². The molecule has 0 atom stereocenters. The molecule has 0 N–H and O–H groups in total. The molecule has 0 saturated heterocycles. The molecule has 3 aromatic rings. The molecule has 17 heavy (non-hydrogen) atoms. The average molecular weight is 223 g/mol. The van der Waals surface area contributed by atoms with Gasteiger partial charge in [-0.3, -0.25) is 4.98 Å². The number of aromatic nitrogens is 3. The van der Waals surface area contributed by atoms with Crippen LogP contribution in [0.4, 0.5) is 0 Å². The predicted octanol–water partition coefficient (Wildman–Crippen LogP) is 2.94. The predicted molar refractivity (Wildman–Crippen MR) is 68.7 cm³/mol. The Morgan fingerprint density at radius 3 is 2.76 bits per heavy atom. The molecule has 0 fully saturated rings. The third-order valence-corrected chi connectivity index (χ3v) is 3.07. The molecule has 0 amide bonds. The first-order valence-corrected chi connectivity index (χ1v) is 5.59. The Labute approximate surface area is 99.8 Å². The lowest BCUT2D eigenvalue weighted by Gasteiger charge is -2.01. The summed E-state index contributed by atoms with van der Waals surface area (Å²) >= 11 is 0. The smallest absolute Gasteiger partial charge is 0.139 e. The molecule has 3 nitrogen and oxygen atoms in total. The molecule has 3 heteroatoms. The second-order valence-electron chi connectivity index (χ2n) is 4.20. The van der Waals surface area contributed by atoms with E-state index in [-0.39, 0.29) is 0 Å². The van der Waals surface area contributed by atoms with Gasteiger partial charge in [0.2, 0.25) is 0 Å². The molecule has 3 rings (SSSR count). The lowest BCUT2D eigenvalue weighted by Crippen LogP contribution is -1.92. The van der Waals surface area contributed by atoms with Crippen molar-refractivity contribution in [3.63, 3.8) is 0 Å². The molecular weight excluding hydrogens is 210 g/mol. The van der Waals surface area contributed by atoms with Crippen LogP contribution >= 0.6 is 0 Å². The van der Waals surface area contributed by atoms with Gasteiger partial charge in [0.05, 0.1) is 5.69 Å². The minimum Gasteiger partial charge on any atom is -0.333 e. The maximum Gasteiger partial charge on any atom is 0.139 e. The van der Waals surface area contributed by atoms with E-state index in [9.17, 15) is 0 Å². The van der Waals surface area contributed by atoms with Crippen LogP contribution in [0.5, 0.6) is 0 Å². The van der Waals surface area contributed by atoms with Crippen LogP contribution in [0.25, 0.3) is 22.3 Å². The fourth-order valence-corrected chi connectivity index (χ4v) is 2.02. The van der Waals surface area contributed by atoms with Crippen LogP contribution in [0.3, 0.4) is 0 Å². The van der Waals surface area contributed by atoms with Gasteiger partial charge >= 0.3 is 0 Å². The molecule has 0 saturated carbocycles. The molecule has 0 aliphatic rings. The van der Waals surface area contributed by atoms with Crippen molar-refractivity contribution in [1.29, 1.82) is 0 Å². The van der Waals surface area contributed by atoms with Crippen LogP contribution < -0.4 is 0 Å². The van der Waals surface area contributed by atoms with E-state index in [0.29, 0.717) is 0 Å². The zero-order valence-corrected chi connectivity index (χ0v) is 9.88. The van der Waals surface area contributed by atoms with Crippen molar-refractivity contribution < 1.29 is 0 Å². The Bertz CT molecular complexity index is 669. The first-order valence-electron chi connectivity index (χ1n) is 5.59. The standard InChI is InChI=1S/C14H13N3/c1-10-7-11-8-12(9-16-14(11)17(10)2)13-5-3-4-6-15-13/h3-9H,1-2H3. The summed E-state index contributed by atoms with van der Waals surface area (Å²) in [7, 11) is 2.03. The van der Waals surface area contributed by atoms with E-state index >= 15 is 0 Å². The number of hydrogen-bond donors (Lipinski definition) is 0. The van der Waals surface area contributed by atoms with Crippen molar-refractivity contribution in [2.75, 3.05) is 0 Å². The van der Waals surface area contributed by atoms with E-state index in [1.54, 1.807) is 6.20 Å². The largest absolute Gasteiger partial charge is 0.333 e. The van der Waals surface area contributed by atoms with Crippen molar-refractivity contribution in [3.05, 3.63) is 48.4 Å². The molecule has 0 aliphatic heterocycles. The highest BCUT2D eigenvalue weighted by molar-refractivity contribution is 5.82. The Kier molecular flexibility index (Phi) is 2.18. The number of fused-ring (bicyclic) bond motifs is 1. The topological polar surface area (TPSA) is 30.7 Å². The summed E-state index contributed by atoms with van der Waals surface area (Å²) in [6.45, 7) is 2.09. The summed E-state index contributed by atoms with van der Waals surface area (Å²) in [5.74, 6) is 0. The Balaban J connectivity index is 2.21. The zero-order valence-electron chi connectivity index (χ0n) is 9.88. The van der Waals surface area contributed by atoms with Gasteiger partial charge in [0, 0.05) is 36.1 Å². The maximum atomic E-state index is 4.50. The van der Waals surface area contributed by atoms with Crippen molar-refractivity contribution in [1.82, 2.24) is 14.5 Å². The summed E-state index contributed by atoms with van der Waals surface area (Å²) in [4.78, 5) is 8.84. The highest BCUT2D eigenvalue weighted by atomic mass is 15.0. The van der Waals surface area contributed by atoms with Gasteiger partial charge in [-0.15, -0.1) is 0 Å². The van der Waals surface area contributed by atoms with Gasteiger partial charge in [-0.25, -0.2) is 4.98 Å². The maximum absolute atomic E-state index is 4.50. The second-order valence-corrected chi connectivity index (χ2v) is 4.20. The molecule has 84 valence electrons. The summed E-state index contributed by atoms with van der Waals surface area (Å²) in [5.41, 5.74) is 4.25. The molecule has 3 heterocycles. The van der Waals surface area contributed by atoms with E-state index in [1.807, 2.05) is 31.4 Å². The summed E-state index contributed by atoms with van der Waals surface area (Å²) in [6, 6.07) is 10.2. The summed E-state index contributed by atoms with van der Waals surface area (Å²) < 4.78 is 2.09. The van der Waals surface area contributed by atoms with E-state index in [4.69, 9.17) is 0 Å². The quantitative estimate of drug-likeness (QED) is 0.635. The van der Waals surface area contributed by atoms with Gasteiger partial charge in [-0.05, 0) is 31.2 Å². The number of nitrogens with zero attached hydrogens (tertiary/aromatic N) is 3. The van der Waals surface area contributed by atoms with E-state index in [1.165, 1.54) is 5.69 Å². The SMILES string of the molecule is Cc1cc2cc(-c3ccccn3)cnc2n1C. The van der Waals surface area contributed by atoms with Gasteiger partial charge < -0.3 is 4.57 Å². The Morgan fingerprint density at radius 2 is 2.00 bits per heavy atom. The lowest BCUT2D eigenvalue weighted by atomic mass is 10.1. The van der Waals surface area contributed by atoms with Crippen LogP contribution in [-0.2, 0) is 7.05 Å². The third-order valence-electron chi connectivity index (χ3n) is 3.07. The van der Waals surface area contributed by atoms with Gasteiger partial charge in [-0.1, -0.05) is 6.07 Å². The molecule has 0 radical (unpaired) electrons. The fraction of sp³-hybridized carbons (Fsp3) is 0.143. The summed E-state index contributed by atoms with van der Waals surface area (Å²) in [5, 5.41) is 1.16. The van der Waals surface area contributed by atoms with Crippen molar-refractivity contribution >= 4 is 11.0 Å². The molecule has 0 unspecified atom stereocenters. The Morgan fingerprint density at radius 1 is 1.12 bits per heavy atom. The molecule has 3 aromatic heterocycles. The van der Waals surface area contributed by atoms with E-state index < -0.39 is 0 Å². The van der Waals surface area contributed by atoms with Gasteiger partial charge in [0.1, 0.15) is 5.65 Å². The van der Waals surface area contributed by atoms with Crippen LogP contribution in [0.15, 0.2) is 42.7 Å². The fourth-order valence-electron chi connectivity index (χ4n) is 2.02. The van der Waals surface area contributed by atoms with Crippen molar-refractivity contribution in [3.8, 4) is 11.3 Å². The molecule has 0 spiro atoms. The molecule has 0 aliphatic carbocycles. The normalized spacial score (nSPS) is 10.9. The monoisotopic (exact) mass is 223 g/mol. The molecular formula is C14H13N3. The highest BCUT2D eigenvalue weighted by Gasteiger charge is 2.06. The lowest BCUT2D eigenvalue weighted by molar-refractivity contribution is 0.902.